The van der Waals surface area contributed by atoms with Gasteiger partial charge in [-0.1, -0.05) is 30.2 Å². The second-order valence-electron chi connectivity index (χ2n) is 7.25. The molecular weight excluding hydrogens is 402 g/mol. The molecule has 1 aliphatic heterocycles. The Morgan fingerprint density at radius 1 is 1.17 bits per heavy atom. The van der Waals surface area contributed by atoms with E-state index in [1.165, 1.54) is 0 Å². The molecule has 2 heterocycles. The van der Waals surface area contributed by atoms with E-state index in [1.54, 1.807) is 36.3 Å². The number of halogens is 1. The quantitative estimate of drug-likeness (QED) is 0.630. The molecule has 0 unspecified atom stereocenters. The maximum Gasteiger partial charge on any atom is 0.329 e. The molecule has 30 heavy (non-hydrogen) atoms. The van der Waals surface area contributed by atoms with Crippen LogP contribution in [0.1, 0.15) is 30.7 Å². The summed E-state index contributed by atoms with van der Waals surface area (Å²) in [6.45, 7) is 1.15. The lowest BCUT2D eigenvalue weighted by Gasteiger charge is -2.23. The van der Waals surface area contributed by atoms with Gasteiger partial charge in [-0.2, -0.15) is 0 Å². The number of anilines is 2. The second kappa shape index (κ2) is 9.17. The highest BCUT2D eigenvalue weighted by Gasteiger charge is 2.25. The van der Waals surface area contributed by atoms with Crippen LogP contribution in [0.25, 0.3) is 0 Å². The van der Waals surface area contributed by atoms with Gasteiger partial charge in [0.05, 0.1) is 13.7 Å². The summed E-state index contributed by atoms with van der Waals surface area (Å²) in [6, 6.07) is 14.4. The van der Waals surface area contributed by atoms with Gasteiger partial charge in [0.25, 0.3) is 0 Å². The molecular formula is C22H24ClN5O2. The molecule has 7 nitrogen and oxygen atoms in total. The van der Waals surface area contributed by atoms with Crippen molar-refractivity contribution in [2.75, 3.05) is 17.3 Å². The zero-order valence-electron chi connectivity index (χ0n) is 16.8. The standard InChI is InChI=1S/C22H24ClN5O2/c1-30-19-7-5-6-16(14-19)15-28(22(29)24-18-11-9-17(23)10-12-18)21-26-25-20-8-3-2-4-13-27(20)21/h5-7,9-12,14H,2-4,8,13,15H2,1H3,(H,24,29). The van der Waals surface area contributed by atoms with Gasteiger partial charge in [0.15, 0.2) is 0 Å². The highest BCUT2D eigenvalue weighted by Crippen LogP contribution is 2.24. The van der Waals surface area contributed by atoms with E-state index in [0.29, 0.717) is 23.2 Å². The number of hydrogen-bond donors (Lipinski definition) is 1. The summed E-state index contributed by atoms with van der Waals surface area (Å²) in [5.41, 5.74) is 1.60. The van der Waals surface area contributed by atoms with Crippen molar-refractivity contribution in [2.24, 2.45) is 0 Å². The third-order valence-corrected chi connectivity index (χ3v) is 5.40. The lowest BCUT2D eigenvalue weighted by Crippen LogP contribution is -2.36. The number of urea groups is 1. The third-order valence-electron chi connectivity index (χ3n) is 5.15. The minimum absolute atomic E-state index is 0.278. The molecule has 0 saturated heterocycles. The maximum absolute atomic E-state index is 13.3. The van der Waals surface area contributed by atoms with Crippen molar-refractivity contribution in [1.82, 2.24) is 14.8 Å². The number of nitrogens with zero attached hydrogens (tertiary/aromatic N) is 4. The van der Waals surface area contributed by atoms with Gasteiger partial charge in [-0.3, -0.25) is 9.47 Å². The van der Waals surface area contributed by atoms with E-state index in [9.17, 15) is 4.79 Å². The summed E-state index contributed by atoms with van der Waals surface area (Å²) in [4.78, 5) is 14.9. The van der Waals surface area contributed by atoms with Crippen molar-refractivity contribution in [3.05, 3.63) is 64.9 Å². The van der Waals surface area contributed by atoms with Crippen LogP contribution in [-0.4, -0.2) is 27.9 Å². The van der Waals surface area contributed by atoms with E-state index in [1.807, 2.05) is 24.3 Å². The first kappa shape index (κ1) is 20.2. The molecule has 0 atom stereocenters. The molecule has 1 aliphatic rings. The molecule has 8 heteroatoms. The molecule has 0 bridgehead atoms. The van der Waals surface area contributed by atoms with Crippen molar-refractivity contribution in [2.45, 2.75) is 38.8 Å². The van der Waals surface area contributed by atoms with Crippen molar-refractivity contribution in [3.8, 4) is 5.75 Å². The molecule has 0 spiro atoms. The van der Waals surface area contributed by atoms with Crippen LogP contribution in [0.5, 0.6) is 5.75 Å². The summed E-state index contributed by atoms with van der Waals surface area (Å²) in [6.07, 6.45) is 4.16. The number of nitrogens with one attached hydrogen (secondary N) is 1. The summed E-state index contributed by atoms with van der Waals surface area (Å²) in [7, 11) is 1.63. The first-order chi connectivity index (χ1) is 14.6. The topological polar surface area (TPSA) is 72.3 Å². The van der Waals surface area contributed by atoms with Crippen LogP contribution in [0.4, 0.5) is 16.4 Å². The number of methoxy groups -OCH3 is 1. The number of carbonyl (C=O) groups excluding carboxylic acids is 1. The van der Waals surface area contributed by atoms with Crippen molar-refractivity contribution < 1.29 is 9.53 Å². The van der Waals surface area contributed by atoms with Crippen LogP contribution >= 0.6 is 11.6 Å². The fourth-order valence-corrected chi connectivity index (χ4v) is 3.71. The predicted molar refractivity (Wildman–Crippen MR) is 117 cm³/mol. The Bertz CT molecular complexity index is 1020. The van der Waals surface area contributed by atoms with Crippen LogP contribution in [0.2, 0.25) is 5.02 Å². The van der Waals surface area contributed by atoms with Crippen LogP contribution < -0.4 is 15.0 Å². The van der Waals surface area contributed by atoms with Gasteiger partial charge in [-0.15, -0.1) is 10.2 Å². The smallest absolute Gasteiger partial charge is 0.329 e. The first-order valence-corrected chi connectivity index (χ1v) is 10.4. The lowest BCUT2D eigenvalue weighted by molar-refractivity contribution is 0.256. The fourth-order valence-electron chi connectivity index (χ4n) is 3.58. The minimum atomic E-state index is -0.278. The zero-order valence-corrected chi connectivity index (χ0v) is 17.6. The molecule has 2 aromatic carbocycles. The third kappa shape index (κ3) is 4.57. The highest BCUT2D eigenvalue weighted by atomic mass is 35.5. The molecule has 0 saturated carbocycles. The Kier molecular flexibility index (Phi) is 6.18. The number of carbonyl (C=O) groups is 1. The summed E-state index contributed by atoms with van der Waals surface area (Å²) < 4.78 is 7.40. The van der Waals surface area contributed by atoms with Gasteiger partial charge in [0.2, 0.25) is 5.95 Å². The van der Waals surface area contributed by atoms with Crippen molar-refractivity contribution in [3.63, 3.8) is 0 Å². The van der Waals surface area contributed by atoms with Crippen LogP contribution in [0.3, 0.4) is 0 Å². The summed E-state index contributed by atoms with van der Waals surface area (Å²) in [5.74, 6) is 2.23. The average molecular weight is 426 g/mol. The van der Waals surface area contributed by atoms with Crippen LogP contribution in [0, 0.1) is 0 Å². The number of amides is 2. The molecule has 156 valence electrons. The normalized spacial score (nSPS) is 13.3. The fraction of sp³-hybridized carbons (Fsp3) is 0.318. The molecule has 2 amide bonds. The largest absolute Gasteiger partial charge is 0.497 e. The number of aromatic nitrogens is 3. The Morgan fingerprint density at radius 3 is 2.80 bits per heavy atom. The first-order valence-electron chi connectivity index (χ1n) is 10.0. The van der Waals surface area contributed by atoms with Gasteiger partial charge in [0, 0.05) is 23.7 Å². The number of fused-ring (bicyclic) bond motifs is 1. The van der Waals surface area contributed by atoms with Crippen LogP contribution in [-0.2, 0) is 19.5 Å². The molecule has 1 aromatic heterocycles. The van der Waals surface area contributed by atoms with E-state index in [4.69, 9.17) is 16.3 Å². The highest BCUT2D eigenvalue weighted by molar-refractivity contribution is 6.30. The minimum Gasteiger partial charge on any atom is -0.497 e. The van der Waals surface area contributed by atoms with Gasteiger partial charge in [-0.25, -0.2) is 4.79 Å². The monoisotopic (exact) mass is 425 g/mol. The van der Waals surface area contributed by atoms with E-state index in [0.717, 1.165) is 49.4 Å². The Labute approximate surface area is 180 Å². The maximum atomic E-state index is 13.3. The van der Waals surface area contributed by atoms with E-state index in [-0.39, 0.29) is 6.03 Å². The van der Waals surface area contributed by atoms with Gasteiger partial charge in [0.1, 0.15) is 11.6 Å². The molecule has 0 aliphatic carbocycles. The zero-order chi connectivity index (χ0) is 20.9. The van der Waals surface area contributed by atoms with Gasteiger partial charge in [-0.05, 0) is 54.8 Å². The molecule has 1 N–H and O–H groups in total. The Hall–Kier alpha value is -3.06. The van der Waals surface area contributed by atoms with E-state index in [2.05, 4.69) is 20.1 Å². The number of hydrogen-bond acceptors (Lipinski definition) is 4. The number of benzene rings is 2. The number of ether oxygens (including phenoxy) is 1. The molecule has 0 fully saturated rings. The summed E-state index contributed by atoms with van der Waals surface area (Å²) >= 11 is 5.97. The predicted octanol–water partition coefficient (Wildman–Crippen LogP) is 4.91. The SMILES string of the molecule is COc1cccc(CN(C(=O)Nc2ccc(Cl)cc2)c2nnc3n2CCCCC3)c1. The second-order valence-corrected chi connectivity index (χ2v) is 7.69. The van der Waals surface area contributed by atoms with E-state index < -0.39 is 0 Å². The average Bonchev–Trinajstić information content (AvgIpc) is 3.01. The molecule has 4 rings (SSSR count). The molecule has 3 aromatic rings. The Morgan fingerprint density at radius 2 is 2.00 bits per heavy atom. The van der Waals surface area contributed by atoms with Gasteiger partial charge >= 0.3 is 6.03 Å². The summed E-state index contributed by atoms with van der Waals surface area (Å²) in [5, 5.41) is 12.3. The van der Waals surface area contributed by atoms with Crippen LogP contribution in [0.15, 0.2) is 48.5 Å². The van der Waals surface area contributed by atoms with Crippen molar-refractivity contribution in [1.29, 1.82) is 0 Å². The number of aryl methyl sites for hydroxylation is 1. The van der Waals surface area contributed by atoms with Crippen molar-refractivity contribution >= 4 is 29.3 Å². The van der Waals surface area contributed by atoms with Gasteiger partial charge < -0.3 is 10.1 Å². The molecule has 0 radical (unpaired) electrons. The number of rotatable bonds is 5. The van der Waals surface area contributed by atoms with E-state index >= 15 is 0 Å². The Balaban J connectivity index is 1.66. The lowest BCUT2D eigenvalue weighted by atomic mass is 10.2.